The lowest BCUT2D eigenvalue weighted by atomic mass is 10.1. The number of ether oxygens (including phenoxy) is 2. The summed E-state index contributed by atoms with van der Waals surface area (Å²) in [5.74, 6) is 0.0243. The largest absolute Gasteiger partial charge is 0.491 e. The summed E-state index contributed by atoms with van der Waals surface area (Å²) in [5, 5.41) is 0. The Kier molecular flexibility index (Phi) is 4.77. The van der Waals surface area contributed by atoms with E-state index in [0.29, 0.717) is 24.5 Å². The number of methoxy groups -OCH3 is 1. The number of rotatable bonds is 6. The summed E-state index contributed by atoms with van der Waals surface area (Å²) in [7, 11) is 1.56. The monoisotopic (exact) mass is 212 g/mol. The van der Waals surface area contributed by atoms with Gasteiger partial charge in [-0.05, 0) is 6.07 Å². The molecule has 0 aliphatic rings. The zero-order valence-electron chi connectivity index (χ0n) is 8.53. The minimum Gasteiger partial charge on any atom is -0.491 e. The highest BCUT2D eigenvalue weighted by molar-refractivity contribution is 5.57. The van der Waals surface area contributed by atoms with Gasteiger partial charge in [0.1, 0.15) is 24.5 Å². The summed E-state index contributed by atoms with van der Waals surface area (Å²) in [6.45, 7) is 0.767. The van der Waals surface area contributed by atoms with Gasteiger partial charge in [0.2, 0.25) is 0 Å². The van der Waals surface area contributed by atoms with E-state index in [4.69, 9.17) is 9.47 Å². The van der Waals surface area contributed by atoms with E-state index in [2.05, 4.69) is 0 Å². The Balaban J connectivity index is 2.72. The average molecular weight is 212 g/mol. The molecule has 82 valence electrons. The number of hydrogen-bond donors (Lipinski definition) is 0. The average Bonchev–Trinajstić information content (AvgIpc) is 2.22. The minimum atomic E-state index is -0.378. The molecule has 0 fully saturated rings. The van der Waals surface area contributed by atoms with E-state index in [1.165, 1.54) is 12.1 Å². The van der Waals surface area contributed by atoms with Crippen LogP contribution in [0.2, 0.25) is 0 Å². The van der Waals surface area contributed by atoms with Gasteiger partial charge in [-0.2, -0.15) is 0 Å². The fraction of sp³-hybridized carbons (Fsp3) is 0.364. The van der Waals surface area contributed by atoms with Crippen LogP contribution in [0.15, 0.2) is 18.2 Å². The molecular weight excluding hydrogens is 199 g/mol. The zero-order valence-corrected chi connectivity index (χ0v) is 8.53. The molecule has 0 bridgehead atoms. The Labute approximate surface area is 87.8 Å². The molecule has 0 aliphatic heterocycles. The number of carbonyl (C=O) groups is 1. The molecular formula is C11H13FO3. The minimum absolute atomic E-state index is 0.225. The van der Waals surface area contributed by atoms with Crippen LogP contribution in [0.4, 0.5) is 4.39 Å². The van der Waals surface area contributed by atoms with Crippen molar-refractivity contribution in [2.75, 3.05) is 20.3 Å². The molecule has 0 amide bonds. The number of aldehydes is 1. The van der Waals surface area contributed by atoms with E-state index in [-0.39, 0.29) is 12.2 Å². The first kappa shape index (κ1) is 11.7. The van der Waals surface area contributed by atoms with Crippen molar-refractivity contribution >= 4 is 6.29 Å². The Morgan fingerprint density at radius 3 is 2.87 bits per heavy atom. The van der Waals surface area contributed by atoms with Crippen molar-refractivity contribution in [3.8, 4) is 5.75 Å². The van der Waals surface area contributed by atoms with Crippen molar-refractivity contribution in [3.63, 3.8) is 0 Å². The van der Waals surface area contributed by atoms with E-state index in [1.54, 1.807) is 13.2 Å². The Morgan fingerprint density at radius 1 is 1.40 bits per heavy atom. The lowest BCUT2D eigenvalue weighted by Crippen LogP contribution is -2.06. The summed E-state index contributed by atoms with van der Waals surface area (Å²) < 4.78 is 23.0. The van der Waals surface area contributed by atoms with Crippen molar-refractivity contribution in [2.24, 2.45) is 0 Å². The van der Waals surface area contributed by atoms with Crippen molar-refractivity contribution in [1.82, 2.24) is 0 Å². The maximum atomic E-state index is 12.9. The molecule has 4 heteroatoms. The van der Waals surface area contributed by atoms with Crippen molar-refractivity contribution in [3.05, 3.63) is 29.6 Å². The lowest BCUT2D eigenvalue weighted by Gasteiger charge is -2.09. The second kappa shape index (κ2) is 6.14. The van der Waals surface area contributed by atoms with Crippen LogP contribution in [0.1, 0.15) is 5.56 Å². The van der Waals surface area contributed by atoms with E-state index in [0.717, 1.165) is 6.29 Å². The normalized spacial score (nSPS) is 10.0. The summed E-state index contributed by atoms with van der Waals surface area (Å²) >= 11 is 0. The van der Waals surface area contributed by atoms with Crippen molar-refractivity contribution in [1.29, 1.82) is 0 Å². The van der Waals surface area contributed by atoms with Gasteiger partial charge in [-0.1, -0.05) is 6.07 Å². The molecule has 1 rings (SSSR count). The highest BCUT2D eigenvalue weighted by atomic mass is 19.1. The number of benzene rings is 1. The molecule has 0 heterocycles. The Bertz CT molecular complexity index is 326. The number of carbonyl (C=O) groups excluding carboxylic acids is 1. The second-order valence-corrected chi connectivity index (χ2v) is 2.96. The van der Waals surface area contributed by atoms with E-state index >= 15 is 0 Å². The van der Waals surface area contributed by atoms with Crippen LogP contribution in [-0.2, 0) is 16.0 Å². The maximum absolute atomic E-state index is 12.9. The van der Waals surface area contributed by atoms with Crippen molar-refractivity contribution in [2.45, 2.75) is 6.42 Å². The topological polar surface area (TPSA) is 35.5 Å². The molecule has 0 aliphatic carbocycles. The number of halogens is 1. The highest BCUT2D eigenvalue weighted by Gasteiger charge is 2.04. The van der Waals surface area contributed by atoms with E-state index in [9.17, 15) is 9.18 Å². The van der Waals surface area contributed by atoms with Gasteiger partial charge in [-0.15, -0.1) is 0 Å². The van der Waals surface area contributed by atoms with E-state index < -0.39 is 0 Å². The maximum Gasteiger partial charge on any atom is 0.126 e. The number of hydrogen-bond acceptors (Lipinski definition) is 3. The molecule has 0 saturated heterocycles. The highest BCUT2D eigenvalue weighted by Crippen LogP contribution is 2.19. The molecule has 0 N–H and O–H groups in total. The van der Waals surface area contributed by atoms with Gasteiger partial charge < -0.3 is 14.3 Å². The summed E-state index contributed by atoms with van der Waals surface area (Å²) in [6, 6.07) is 4.13. The second-order valence-electron chi connectivity index (χ2n) is 2.96. The third kappa shape index (κ3) is 3.67. The molecule has 1 aromatic carbocycles. The van der Waals surface area contributed by atoms with Gasteiger partial charge >= 0.3 is 0 Å². The molecule has 3 nitrogen and oxygen atoms in total. The van der Waals surface area contributed by atoms with Gasteiger partial charge in [-0.3, -0.25) is 0 Å². The van der Waals surface area contributed by atoms with Crippen LogP contribution in [0.5, 0.6) is 5.75 Å². The van der Waals surface area contributed by atoms with Gasteiger partial charge in [0.15, 0.2) is 0 Å². The van der Waals surface area contributed by atoms with Crippen LogP contribution in [0.3, 0.4) is 0 Å². The smallest absolute Gasteiger partial charge is 0.126 e. The first-order valence-electron chi connectivity index (χ1n) is 4.61. The first-order chi connectivity index (χ1) is 7.27. The predicted octanol–water partition coefficient (Wildman–Crippen LogP) is 1.59. The molecule has 0 radical (unpaired) electrons. The summed E-state index contributed by atoms with van der Waals surface area (Å²) in [4.78, 5) is 10.4. The van der Waals surface area contributed by atoms with Crippen LogP contribution in [-0.4, -0.2) is 26.6 Å². The predicted molar refractivity (Wildman–Crippen MR) is 53.5 cm³/mol. The standard InChI is InChI=1S/C11H13FO3/c1-14-6-7-15-11-8-10(12)3-2-9(11)4-5-13/h2-3,5,8H,4,6-7H2,1H3. The molecule has 0 unspecified atom stereocenters. The molecule has 0 saturated carbocycles. The third-order valence-electron chi connectivity index (χ3n) is 1.88. The third-order valence-corrected chi connectivity index (χ3v) is 1.88. The van der Waals surface area contributed by atoms with Crippen LogP contribution >= 0.6 is 0 Å². The fourth-order valence-electron chi connectivity index (χ4n) is 1.16. The molecule has 1 aromatic rings. The summed E-state index contributed by atoms with van der Waals surface area (Å²) in [5.41, 5.74) is 0.683. The Hall–Kier alpha value is -1.42. The zero-order chi connectivity index (χ0) is 11.1. The first-order valence-corrected chi connectivity index (χ1v) is 4.61. The van der Waals surface area contributed by atoms with Crippen LogP contribution in [0.25, 0.3) is 0 Å². The van der Waals surface area contributed by atoms with Gasteiger partial charge in [-0.25, -0.2) is 4.39 Å². The van der Waals surface area contributed by atoms with Gasteiger partial charge in [0, 0.05) is 25.2 Å². The molecule has 0 spiro atoms. The van der Waals surface area contributed by atoms with Crippen LogP contribution in [0, 0.1) is 5.82 Å². The van der Waals surface area contributed by atoms with Gasteiger partial charge in [0.25, 0.3) is 0 Å². The quantitative estimate of drug-likeness (QED) is 0.530. The van der Waals surface area contributed by atoms with Crippen LogP contribution < -0.4 is 4.74 Å². The SMILES string of the molecule is COCCOc1cc(F)ccc1CC=O. The van der Waals surface area contributed by atoms with Crippen molar-refractivity contribution < 1.29 is 18.7 Å². The van der Waals surface area contributed by atoms with Gasteiger partial charge in [0.05, 0.1) is 6.61 Å². The fourth-order valence-corrected chi connectivity index (χ4v) is 1.16. The summed E-state index contributed by atoms with van der Waals surface area (Å²) in [6.07, 6.45) is 0.985. The lowest BCUT2D eigenvalue weighted by molar-refractivity contribution is -0.107. The van der Waals surface area contributed by atoms with E-state index in [1.807, 2.05) is 0 Å². The molecule has 0 aromatic heterocycles. The Morgan fingerprint density at radius 2 is 2.20 bits per heavy atom. The molecule has 15 heavy (non-hydrogen) atoms. The molecule has 0 atom stereocenters.